The van der Waals surface area contributed by atoms with Crippen LogP contribution >= 0.6 is 11.8 Å². The van der Waals surface area contributed by atoms with Crippen LogP contribution in [0.15, 0.2) is 5.16 Å². The van der Waals surface area contributed by atoms with E-state index in [1.54, 1.807) is 20.8 Å². The molecule has 0 aromatic carbocycles. The number of ether oxygens (including phenoxy) is 7. The molecule has 0 radical (unpaired) electrons. The van der Waals surface area contributed by atoms with Gasteiger partial charge in [-0.25, -0.2) is 9.59 Å². The highest BCUT2D eigenvalue weighted by atomic mass is 32.2. The highest BCUT2D eigenvalue weighted by Crippen LogP contribution is 2.32. The summed E-state index contributed by atoms with van der Waals surface area (Å²) in [6, 6.07) is -1.22. The van der Waals surface area contributed by atoms with E-state index in [9.17, 15) is 34.0 Å². The zero-order valence-corrected chi connectivity index (χ0v) is 25.5. The van der Waals surface area contributed by atoms with Crippen molar-refractivity contribution in [1.29, 1.82) is 0 Å². The third kappa shape index (κ3) is 12.9. The third-order valence-electron chi connectivity index (χ3n) is 5.17. The van der Waals surface area contributed by atoms with E-state index in [1.807, 2.05) is 0 Å². The van der Waals surface area contributed by atoms with E-state index in [1.165, 1.54) is 0 Å². The van der Waals surface area contributed by atoms with Crippen LogP contribution in [0.5, 0.6) is 0 Å². The highest BCUT2D eigenvalue weighted by Gasteiger charge is 2.52. The minimum Gasteiger partial charge on any atom is -0.467 e. The van der Waals surface area contributed by atoms with E-state index < -0.39 is 84.7 Å². The predicted molar refractivity (Wildman–Crippen MR) is 143 cm³/mol. The van der Waals surface area contributed by atoms with Crippen LogP contribution in [0.4, 0.5) is 4.79 Å². The van der Waals surface area contributed by atoms with Crippen molar-refractivity contribution in [3.63, 3.8) is 0 Å². The Bertz CT molecular complexity index is 1030. The molecule has 238 valence electrons. The summed E-state index contributed by atoms with van der Waals surface area (Å²) < 4.78 is 37.0. The van der Waals surface area contributed by atoms with Crippen LogP contribution in [-0.4, -0.2) is 108 Å². The first-order valence-electron chi connectivity index (χ1n) is 12.7. The molecule has 16 nitrogen and oxygen atoms in total. The predicted octanol–water partition coefficient (Wildman–Crippen LogP) is 1.09. The quantitative estimate of drug-likeness (QED) is 0.0824. The molecule has 0 aliphatic carbocycles. The number of hydrogen-bond acceptors (Lipinski definition) is 16. The fourth-order valence-electron chi connectivity index (χ4n) is 3.72. The maximum absolute atomic E-state index is 12.3. The number of carbonyl (C=O) groups is 6. The molecule has 0 aromatic rings. The van der Waals surface area contributed by atoms with Crippen molar-refractivity contribution in [2.24, 2.45) is 5.16 Å². The van der Waals surface area contributed by atoms with Gasteiger partial charge in [-0.2, -0.15) is 0 Å². The normalized spacial score (nSPS) is 23.0. The summed E-state index contributed by atoms with van der Waals surface area (Å²) in [5, 5.41) is 15.3. The minimum atomic E-state index is -1.41. The van der Waals surface area contributed by atoms with Crippen LogP contribution < -0.4 is 5.32 Å². The van der Waals surface area contributed by atoms with Crippen molar-refractivity contribution in [1.82, 2.24) is 5.32 Å². The molecule has 1 amide bonds. The van der Waals surface area contributed by atoms with Crippen molar-refractivity contribution in [3.8, 4) is 0 Å². The first-order valence-corrected chi connectivity index (χ1v) is 13.7. The lowest BCUT2D eigenvalue weighted by atomic mass is 9.92. The number of hydrogen-bond donors (Lipinski definition) is 2. The smallest absolute Gasteiger partial charge is 0.408 e. The van der Waals surface area contributed by atoms with E-state index in [2.05, 4.69) is 10.5 Å². The second-order valence-electron chi connectivity index (χ2n) is 9.97. The number of amides is 1. The maximum atomic E-state index is 12.3. The second kappa shape index (κ2) is 16.7. The topological polar surface area (TPSA) is 212 Å². The Morgan fingerprint density at radius 3 is 1.86 bits per heavy atom. The molecule has 17 heteroatoms. The Morgan fingerprint density at radius 1 is 0.881 bits per heavy atom. The van der Waals surface area contributed by atoms with E-state index >= 15 is 0 Å². The SMILES string of the molecule is COC(=O)[C@@H](CS/C(C[C@H]1O[C@H](COC(C)=O)[C@@H](OC(C)=O)[C@H](OC(C)=O)[C@H]1OC(C)=O)=N\O)NC(=O)OC(C)(C)C. The van der Waals surface area contributed by atoms with Crippen molar-refractivity contribution in [3.05, 3.63) is 0 Å². The molecule has 2 N–H and O–H groups in total. The van der Waals surface area contributed by atoms with Crippen LogP contribution in [0.1, 0.15) is 54.9 Å². The average molecular weight is 623 g/mol. The number of nitrogens with one attached hydrogen (secondary N) is 1. The number of nitrogens with zero attached hydrogens (tertiary/aromatic N) is 1. The number of rotatable bonds is 11. The van der Waals surface area contributed by atoms with Gasteiger partial charge < -0.3 is 43.7 Å². The summed E-state index contributed by atoms with van der Waals surface area (Å²) in [6.45, 7) is 8.89. The number of thioether (sulfide) groups is 1. The minimum absolute atomic E-state index is 0.0595. The van der Waals surface area contributed by atoms with Crippen molar-refractivity contribution in [2.75, 3.05) is 19.5 Å². The van der Waals surface area contributed by atoms with Crippen LogP contribution in [0, 0.1) is 0 Å². The molecule has 1 saturated heterocycles. The van der Waals surface area contributed by atoms with Crippen LogP contribution in [-0.2, 0) is 57.1 Å². The summed E-state index contributed by atoms with van der Waals surface area (Å²) >= 11 is 0.824. The highest BCUT2D eigenvalue weighted by molar-refractivity contribution is 8.14. The standard InChI is InChI=1S/C25H38N2O14S/c1-12(28)36-10-18-21(38-14(3)30)22(39-15(4)31)20(37-13(2)29)17(40-18)9-19(27-34)42-11-16(23(32)35-8)26-24(33)41-25(5,6)7/h16-18,20-22,34H,9-11H2,1-8H3,(H,26,33)/b27-19-/t16-,17-,18-,20+,21-,22-/m1/s1. The van der Waals surface area contributed by atoms with Crippen LogP contribution in [0.3, 0.4) is 0 Å². The van der Waals surface area contributed by atoms with Gasteiger partial charge >= 0.3 is 35.9 Å². The largest absolute Gasteiger partial charge is 0.467 e. The molecule has 1 rings (SSSR count). The summed E-state index contributed by atoms with van der Waals surface area (Å²) in [5.41, 5.74) is -0.843. The molecule has 0 aromatic heterocycles. The fourth-order valence-corrected chi connectivity index (χ4v) is 4.64. The van der Waals surface area contributed by atoms with Crippen molar-refractivity contribution in [2.45, 2.75) is 97.0 Å². The third-order valence-corrected chi connectivity index (χ3v) is 6.25. The second-order valence-corrected chi connectivity index (χ2v) is 11.1. The summed E-state index contributed by atoms with van der Waals surface area (Å²) in [4.78, 5) is 71.9. The Kier molecular flexibility index (Phi) is 14.5. The zero-order valence-electron chi connectivity index (χ0n) is 24.7. The number of methoxy groups -OCH3 is 1. The molecule has 42 heavy (non-hydrogen) atoms. The van der Waals surface area contributed by atoms with E-state index in [-0.39, 0.29) is 17.2 Å². The molecule has 0 bridgehead atoms. The molecule has 1 fully saturated rings. The first-order chi connectivity index (χ1) is 19.5. The monoisotopic (exact) mass is 622 g/mol. The Labute approximate surface area is 247 Å². The van der Waals surface area contributed by atoms with Gasteiger partial charge in [-0.15, -0.1) is 11.8 Å². The van der Waals surface area contributed by atoms with E-state index in [4.69, 9.17) is 33.2 Å². The van der Waals surface area contributed by atoms with Gasteiger partial charge in [-0.1, -0.05) is 5.16 Å². The van der Waals surface area contributed by atoms with Gasteiger partial charge in [0.25, 0.3) is 0 Å². The molecule has 1 aliphatic rings. The molecule has 0 spiro atoms. The Morgan fingerprint density at radius 2 is 1.40 bits per heavy atom. The van der Waals surface area contributed by atoms with Gasteiger partial charge in [0.15, 0.2) is 18.3 Å². The molecule has 1 heterocycles. The number of alkyl carbamates (subject to hydrolysis) is 1. The van der Waals surface area contributed by atoms with Gasteiger partial charge in [0.2, 0.25) is 0 Å². The Balaban J connectivity index is 3.29. The molecule has 0 unspecified atom stereocenters. The van der Waals surface area contributed by atoms with Crippen molar-refractivity contribution >= 4 is 52.7 Å². The van der Waals surface area contributed by atoms with Gasteiger partial charge in [0.1, 0.15) is 35.5 Å². The lowest BCUT2D eigenvalue weighted by molar-refractivity contribution is -0.251. The van der Waals surface area contributed by atoms with Crippen molar-refractivity contribution < 1.29 is 67.1 Å². The van der Waals surface area contributed by atoms with Gasteiger partial charge in [-0.3, -0.25) is 19.2 Å². The van der Waals surface area contributed by atoms with E-state index in [0.717, 1.165) is 46.6 Å². The van der Waals surface area contributed by atoms with Gasteiger partial charge in [-0.05, 0) is 20.8 Å². The Hall–Kier alpha value is -3.60. The molecular formula is C25H38N2O14S. The van der Waals surface area contributed by atoms with Crippen LogP contribution in [0.2, 0.25) is 0 Å². The molecule has 0 saturated carbocycles. The van der Waals surface area contributed by atoms with Crippen LogP contribution in [0.25, 0.3) is 0 Å². The molecule has 1 aliphatic heterocycles. The maximum Gasteiger partial charge on any atom is 0.408 e. The molecular weight excluding hydrogens is 584 g/mol. The summed E-state index contributed by atoms with van der Waals surface area (Å²) in [7, 11) is 1.12. The zero-order chi connectivity index (χ0) is 32.2. The lowest BCUT2D eigenvalue weighted by Gasteiger charge is -2.44. The first kappa shape index (κ1) is 36.4. The number of oxime groups is 1. The summed E-state index contributed by atoms with van der Waals surface area (Å²) in [6.07, 6.45) is -7.70. The van der Waals surface area contributed by atoms with Gasteiger partial charge in [0.05, 0.1) is 7.11 Å². The number of esters is 5. The fraction of sp³-hybridized carbons (Fsp3) is 0.720. The number of carbonyl (C=O) groups excluding carboxylic acids is 6. The summed E-state index contributed by atoms with van der Waals surface area (Å²) in [5.74, 6) is -4.06. The van der Waals surface area contributed by atoms with Gasteiger partial charge in [0, 0.05) is 39.9 Å². The van der Waals surface area contributed by atoms with E-state index in [0.29, 0.717) is 0 Å². The average Bonchev–Trinajstić information content (AvgIpc) is 2.85. The molecule has 6 atom stereocenters. The lowest BCUT2D eigenvalue weighted by Crippen LogP contribution is -2.62.